The maximum atomic E-state index is 13.1. The van der Waals surface area contributed by atoms with E-state index in [4.69, 9.17) is 14.2 Å². The third-order valence-electron chi connectivity index (χ3n) is 5.27. The lowest BCUT2D eigenvalue weighted by molar-refractivity contribution is -0.120. The Hall–Kier alpha value is -2.78. The number of nitrogens with zero attached hydrogens (tertiary/aromatic N) is 1. The molecule has 0 unspecified atom stereocenters. The molecule has 1 heterocycles. The van der Waals surface area contributed by atoms with E-state index in [0.29, 0.717) is 55.5 Å². The standard InChI is InChI=1S/C23H30N2O6S/c1-4-30-19-10-13-22(31-5-2)21(15-19)24-23(26)17-7-6-14-25(16-17)32(27,28)20-11-8-18(29-3)9-12-20/h8-13,15,17H,4-7,14,16H2,1-3H3,(H,24,26)/t17-/m1/s1. The molecular formula is C23H30N2O6S. The van der Waals surface area contributed by atoms with E-state index in [0.717, 1.165) is 0 Å². The zero-order valence-corrected chi connectivity index (χ0v) is 19.5. The van der Waals surface area contributed by atoms with Crippen LogP contribution in [0.15, 0.2) is 47.4 Å². The van der Waals surface area contributed by atoms with Crippen molar-refractivity contribution in [1.29, 1.82) is 0 Å². The van der Waals surface area contributed by atoms with Crippen LogP contribution in [-0.2, 0) is 14.8 Å². The number of ether oxygens (including phenoxy) is 3. The first-order chi connectivity index (χ1) is 15.4. The summed E-state index contributed by atoms with van der Waals surface area (Å²) in [4.78, 5) is 13.2. The van der Waals surface area contributed by atoms with Crippen LogP contribution in [-0.4, -0.2) is 52.0 Å². The van der Waals surface area contributed by atoms with E-state index in [2.05, 4.69) is 5.32 Å². The Kier molecular flexibility index (Phi) is 7.98. The van der Waals surface area contributed by atoms with Gasteiger partial charge in [0.2, 0.25) is 15.9 Å². The van der Waals surface area contributed by atoms with Crippen LogP contribution >= 0.6 is 0 Å². The lowest BCUT2D eigenvalue weighted by Crippen LogP contribution is -2.43. The molecule has 2 aromatic rings. The van der Waals surface area contributed by atoms with E-state index >= 15 is 0 Å². The number of nitrogens with one attached hydrogen (secondary N) is 1. The zero-order valence-electron chi connectivity index (χ0n) is 18.7. The van der Waals surface area contributed by atoms with E-state index in [1.165, 1.54) is 23.5 Å². The van der Waals surface area contributed by atoms with Gasteiger partial charge in [0.25, 0.3) is 0 Å². The normalized spacial score (nSPS) is 16.9. The first-order valence-electron chi connectivity index (χ1n) is 10.7. The van der Waals surface area contributed by atoms with E-state index in [-0.39, 0.29) is 17.3 Å². The van der Waals surface area contributed by atoms with Crippen LogP contribution in [0.5, 0.6) is 17.2 Å². The molecule has 0 radical (unpaired) electrons. The number of anilines is 1. The minimum absolute atomic E-state index is 0.120. The molecule has 0 aliphatic carbocycles. The number of amides is 1. The first kappa shape index (κ1) is 23.9. The molecular weight excluding hydrogens is 432 g/mol. The maximum Gasteiger partial charge on any atom is 0.243 e. The van der Waals surface area contributed by atoms with Crippen LogP contribution in [0.2, 0.25) is 0 Å². The molecule has 0 aromatic heterocycles. The molecule has 1 aliphatic heterocycles. The number of rotatable bonds is 9. The van der Waals surface area contributed by atoms with Gasteiger partial charge in [-0.05, 0) is 63.1 Å². The highest BCUT2D eigenvalue weighted by Gasteiger charge is 2.33. The van der Waals surface area contributed by atoms with E-state index in [9.17, 15) is 13.2 Å². The molecule has 2 aromatic carbocycles. The molecule has 9 heteroatoms. The summed E-state index contributed by atoms with van der Waals surface area (Å²) in [5.41, 5.74) is 0.512. The molecule has 0 bridgehead atoms. The number of hydrogen-bond donors (Lipinski definition) is 1. The Morgan fingerprint density at radius 3 is 2.41 bits per heavy atom. The average Bonchev–Trinajstić information content (AvgIpc) is 2.81. The summed E-state index contributed by atoms with van der Waals surface area (Å²) >= 11 is 0. The highest BCUT2D eigenvalue weighted by atomic mass is 32.2. The number of hydrogen-bond acceptors (Lipinski definition) is 6. The van der Waals surface area contributed by atoms with Crippen molar-refractivity contribution >= 4 is 21.6 Å². The van der Waals surface area contributed by atoms with Gasteiger partial charge in [-0.15, -0.1) is 0 Å². The molecule has 3 rings (SSSR count). The van der Waals surface area contributed by atoms with E-state index < -0.39 is 15.9 Å². The Balaban J connectivity index is 1.75. The van der Waals surface area contributed by atoms with Crippen molar-refractivity contribution in [3.63, 3.8) is 0 Å². The molecule has 1 atom stereocenters. The number of sulfonamides is 1. The van der Waals surface area contributed by atoms with Crippen molar-refractivity contribution in [1.82, 2.24) is 4.31 Å². The molecule has 8 nitrogen and oxygen atoms in total. The van der Waals surface area contributed by atoms with Crippen LogP contribution in [0.1, 0.15) is 26.7 Å². The third kappa shape index (κ3) is 5.52. The first-order valence-corrected chi connectivity index (χ1v) is 12.2. The second-order valence-corrected chi connectivity index (χ2v) is 9.33. The number of benzene rings is 2. The molecule has 32 heavy (non-hydrogen) atoms. The van der Waals surface area contributed by atoms with Gasteiger partial charge in [0.1, 0.15) is 17.2 Å². The van der Waals surface area contributed by atoms with Crippen molar-refractivity contribution in [2.75, 3.05) is 38.7 Å². The summed E-state index contributed by atoms with van der Waals surface area (Å²) in [5, 5.41) is 2.91. The lowest BCUT2D eigenvalue weighted by Gasteiger charge is -2.31. The highest BCUT2D eigenvalue weighted by molar-refractivity contribution is 7.89. The Labute approximate surface area is 189 Å². The van der Waals surface area contributed by atoms with Crippen molar-refractivity contribution in [2.45, 2.75) is 31.6 Å². The van der Waals surface area contributed by atoms with Gasteiger partial charge in [-0.1, -0.05) is 0 Å². The summed E-state index contributed by atoms with van der Waals surface area (Å²) in [5.74, 6) is 1.04. The molecule has 174 valence electrons. The summed E-state index contributed by atoms with van der Waals surface area (Å²) in [7, 11) is -2.18. The fourth-order valence-electron chi connectivity index (χ4n) is 3.65. The summed E-state index contributed by atoms with van der Waals surface area (Å²) in [6, 6.07) is 11.5. The maximum absolute atomic E-state index is 13.1. The number of carbonyl (C=O) groups excluding carboxylic acids is 1. The molecule has 0 spiro atoms. The van der Waals surface area contributed by atoms with Crippen LogP contribution in [0.3, 0.4) is 0 Å². The zero-order chi connectivity index (χ0) is 23.1. The van der Waals surface area contributed by atoms with Gasteiger partial charge in [-0.3, -0.25) is 4.79 Å². The van der Waals surface area contributed by atoms with Crippen LogP contribution in [0.25, 0.3) is 0 Å². The number of piperidine rings is 1. The van der Waals surface area contributed by atoms with Gasteiger partial charge >= 0.3 is 0 Å². The van der Waals surface area contributed by atoms with Gasteiger partial charge in [0.05, 0.1) is 36.8 Å². The Morgan fingerprint density at radius 1 is 1.06 bits per heavy atom. The lowest BCUT2D eigenvalue weighted by atomic mass is 9.98. The molecule has 1 aliphatic rings. The topological polar surface area (TPSA) is 94.2 Å². The quantitative estimate of drug-likeness (QED) is 0.613. The predicted molar refractivity (Wildman–Crippen MR) is 122 cm³/mol. The van der Waals surface area contributed by atoms with Crippen LogP contribution in [0, 0.1) is 5.92 Å². The fourth-order valence-corrected chi connectivity index (χ4v) is 5.17. The average molecular weight is 463 g/mol. The largest absolute Gasteiger partial charge is 0.497 e. The third-order valence-corrected chi connectivity index (χ3v) is 7.15. The Bertz CT molecular complexity index is 1020. The summed E-state index contributed by atoms with van der Waals surface area (Å²) in [6.07, 6.45) is 1.21. The number of carbonyl (C=O) groups is 1. The van der Waals surface area contributed by atoms with Gasteiger partial charge in [-0.2, -0.15) is 4.31 Å². The molecule has 1 saturated heterocycles. The van der Waals surface area contributed by atoms with Crippen molar-refractivity contribution < 1.29 is 27.4 Å². The SMILES string of the molecule is CCOc1ccc(OCC)c(NC(=O)[C@@H]2CCCN(S(=O)(=O)c3ccc(OC)cc3)C2)c1. The van der Waals surface area contributed by atoms with Crippen LogP contribution in [0.4, 0.5) is 5.69 Å². The molecule has 1 N–H and O–H groups in total. The van der Waals surface area contributed by atoms with E-state index in [1.807, 2.05) is 13.8 Å². The summed E-state index contributed by atoms with van der Waals surface area (Å²) in [6.45, 7) is 5.20. The van der Waals surface area contributed by atoms with Gasteiger partial charge in [0, 0.05) is 19.2 Å². The minimum atomic E-state index is -3.70. The molecule has 1 amide bonds. The van der Waals surface area contributed by atoms with Crippen molar-refractivity contribution in [3.05, 3.63) is 42.5 Å². The fraction of sp³-hybridized carbons (Fsp3) is 0.435. The molecule has 1 fully saturated rings. The van der Waals surface area contributed by atoms with E-state index in [1.54, 1.807) is 30.3 Å². The monoisotopic (exact) mass is 462 g/mol. The molecule has 0 saturated carbocycles. The van der Waals surface area contributed by atoms with Gasteiger partial charge < -0.3 is 19.5 Å². The highest BCUT2D eigenvalue weighted by Crippen LogP contribution is 2.31. The van der Waals surface area contributed by atoms with Crippen LogP contribution < -0.4 is 19.5 Å². The Morgan fingerprint density at radius 2 is 1.75 bits per heavy atom. The number of methoxy groups -OCH3 is 1. The summed E-state index contributed by atoms with van der Waals surface area (Å²) < 4.78 is 43.8. The van der Waals surface area contributed by atoms with Crippen molar-refractivity contribution in [3.8, 4) is 17.2 Å². The second kappa shape index (κ2) is 10.7. The predicted octanol–water partition coefficient (Wildman–Crippen LogP) is 3.53. The smallest absolute Gasteiger partial charge is 0.243 e. The van der Waals surface area contributed by atoms with Crippen molar-refractivity contribution in [2.24, 2.45) is 5.92 Å². The van der Waals surface area contributed by atoms with Gasteiger partial charge in [0.15, 0.2) is 0 Å². The second-order valence-electron chi connectivity index (χ2n) is 7.39. The minimum Gasteiger partial charge on any atom is -0.497 e. The van der Waals surface area contributed by atoms with Gasteiger partial charge in [-0.25, -0.2) is 8.42 Å².